The fraction of sp³-hybridized carbons (Fsp3) is 0.176. The molecule has 0 unspecified atom stereocenters. The largest absolute Gasteiger partial charge is 0.462 e. The Bertz CT molecular complexity index is 882. The van der Waals surface area contributed by atoms with Gasteiger partial charge in [-0.05, 0) is 31.2 Å². The van der Waals surface area contributed by atoms with Crippen molar-refractivity contribution < 1.29 is 14.1 Å². The minimum absolute atomic E-state index is 0.219. The number of esters is 1. The number of anilines is 1. The molecule has 0 amide bonds. The van der Waals surface area contributed by atoms with E-state index in [4.69, 9.17) is 20.9 Å². The normalized spacial score (nSPS) is 10.5. The maximum absolute atomic E-state index is 11.9. The van der Waals surface area contributed by atoms with Gasteiger partial charge in [-0.25, -0.2) is 9.78 Å². The molecule has 0 aliphatic rings. The van der Waals surface area contributed by atoms with Crippen molar-refractivity contribution >= 4 is 23.4 Å². The van der Waals surface area contributed by atoms with E-state index in [9.17, 15) is 4.79 Å². The number of carbonyl (C=O) groups excluding carboxylic acids is 1. The molecule has 0 aliphatic heterocycles. The lowest BCUT2D eigenvalue weighted by Gasteiger charge is -2.08. The van der Waals surface area contributed by atoms with Gasteiger partial charge >= 0.3 is 5.97 Å². The lowest BCUT2D eigenvalue weighted by Crippen LogP contribution is -2.11. The highest BCUT2D eigenvalue weighted by Gasteiger charge is 2.14. The van der Waals surface area contributed by atoms with Crippen molar-refractivity contribution in [1.82, 2.24) is 15.1 Å². The molecule has 0 radical (unpaired) electrons. The van der Waals surface area contributed by atoms with Gasteiger partial charge in [-0.3, -0.25) is 0 Å². The minimum Gasteiger partial charge on any atom is -0.462 e. The molecule has 0 spiro atoms. The quantitative estimate of drug-likeness (QED) is 0.673. The zero-order chi connectivity index (χ0) is 17.6. The lowest BCUT2D eigenvalue weighted by molar-refractivity contribution is 0.0527. The first-order chi connectivity index (χ1) is 12.2. The van der Waals surface area contributed by atoms with Crippen molar-refractivity contribution in [3.8, 4) is 11.4 Å². The Morgan fingerprint density at radius 3 is 3.00 bits per heavy atom. The molecule has 8 heteroatoms. The van der Waals surface area contributed by atoms with Gasteiger partial charge in [0, 0.05) is 16.8 Å². The molecule has 0 saturated carbocycles. The first-order valence-electron chi connectivity index (χ1n) is 7.62. The summed E-state index contributed by atoms with van der Waals surface area (Å²) in [5, 5.41) is 7.53. The molecule has 3 aromatic rings. The Balaban J connectivity index is 1.72. The summed E-state index contributed by atoms with van der Waals surface area (Å²) >= 11 is 5.96. The van der Waals surface area contributed by atoms with Crippen LogP contribution in [-0.2, 0) is 11.3 Å². The van der Waals surface area contributed by atoms with Crippen molar-refractivity contribution in [2.45, 2.75) is 13.5 Å². The van der Waals surface area contributed by atoms with Gasteiger partial charge in [0.05, 0.1) is 13.2 Å². The smallest absolute Gasteiger partial charge is 0.341 e. The molecule has 0 bridgehead atoms. The van der Waals surface area contributed by atoms with Gasteiger partial charge in [0.25, 0.3) is 0 Å². The topological polar surface area (TPSA) is 90.1 Å². The summed E-state index contributed by atoms with van der Waals surface area (Å²) < 4.78 is 10.2. The number of carbonyl (C=O) groups is 1. The number of nitrogens with zero attached hydrogens (tertiary/aromatic N) is 3. The van der Waals surface area contributed by atoms with E-state index in [0.717, 1.165) is 5.56 Å². The van der Waals surface area contributed by atoms with Crippen molar-refractivity contribution in [3.63, 3.8) is 0 Å². The van der Waals surface area contributed by atoms with E-state index in [1.165, 1.54) is 0 Å². The van der Waals surface area contributed by atoms with Gasteiger partial charge in [0.15, 0.2) is 0 Å². The van der Waals surface area contributed by atoms with Crippen LogP contribution in [0.25, 0.3) is 11.4 Å². The van der Waals surface area contributed by atoms with E-state index in [1.54, 1.807) is 37.4 Å². The van der Waals surface area contributed by atoms with Crippen LogP contribution in [0.3, 0.4) is 0 Å². The van der Waals surface area contributed by atoms with Crippen LogP contribution < -0.4 is 5.32 Å². The Morgan fingerprint density at radius 2 is 2.20 bits per heavy atom. The van der Waals surface area contributed by atoms with Crippen LogP contribution in [-0.4, -0.2) is 27.7 Å². The van der Waals surface area contributed by atoms with Gasteiger partial charge in [0.1, 0.15) is 11.4 Å². The molecule has 1 aromatic carbocycles. The number of hydrogen-bond donors (Lipinski definition) is 1. The number of rotatable bonds is 6. The number of hydrogen-bond acceptors (Lipinski definition) is 7. The highest BCUT2D eigenvalue weighted by atomic mass is 35.5. The highest BCUT2D eigenvalue weighted by molar-refractivity contribution is 6.30. The third kappa shape index (κ3) is 4.13. The van der Waals surface area contributed by atoms with E-state index in [0.29, 0.717) is 34.7 Å². The maximum atomic E-state index is 11.9. The first-order valence-corrected chi connectivity index (χ1v) is 7.99. The van der Waals surface area contributed by atoms with Gasteiger partial charge in [-0.2, -0.15) is 4.98 Å². The summed E-state index contributed by atoms with van der Waals surface area (Å²) in [5.74, 6) is 0.744. The zero-order valence-electron chi connectivity index (χ0n) is 13.4. The Morgan fingerprint density at radius 1 is 1.32 bits per heavy atom. The average Bonchev–Trinajstić information content (AvgIpc) is 3.09. The molecule has 0 atom stereocenters. The highest BCUT2D eigenvalue weighted by Crippen LogP contribution is 2.20. The molecule has 128 valence electrons. The maximum Gasteiger partial charge on any atom is 0.341 e. The molecular weight excluding hydrogens is 344 g/mol. The monoisotopic (exact) mass is 358 g/mol. The summed E-state index contributed by atoms with van der Waals surface area (Å²) in [6.07, 6.45) is 1.58. The lowest BCUT2D eigenvalue weighted by atomic mass is 10.2. The second-order valence-corrected chi connectivity index (χ2v) is 5.43. The van der Waals surface area contributed by atoms with Gasteiger partial charge in [0.2, 0.25) is 11.7 Å². The Labute approximate surface area is 149 Å². The first kappa shape index (κ1) is 16.9. The van der Waals surface area contributed by atoms with Crippen molar-refractivity contribution in [2.75, 3.05) is 11.9 Å². The SMILES string of the molecule is CCOC(=O)c1cccnc1NCc1nc(-c2cccc(Cl)c2)no1. The number of nitrogens with one attached hydrogen (secondary N) is 1. The van der Waals surface area contributed by atoms with Crippen LogP contribution >= 0.6 is 11.6 Å². The van der Waals surface area contributed by atoms with E-state index >= 15 is 0 Å². The summed E-state index contributed by atoms with van der Waals surface area (Å²) in [4.78, 5) is 20.4. The van der Waals surface area contributed by atoms with Crippen LogP contribution in [0.2, 0.25) is 5.02 Å². The predicted octanol–water partition coefficient (Wildman–Crippen LogP) is 3.57. The molecule has 7 nitrogen and oxygen atoms in total. The Kier molecular flexibility index (Phi) is 5.25. The fourth-order valence-electron chi connectivity index (χ4n) is 2.15. The van der Waals surface area contributed by atoms with Crippen LogP contribution in [0.1, 0.15) is 23.2 Å². The second-order valence-electron chi connectivity index (χ2n) is 5.00. The number of benzene rings is 1. The summed E-state index contributed by atoms with van der Waals surface area (Å²) in [6.45, 7) is 2.26. The predicted molar refractivity (Wildman–Crippen MR) is 92.3 cm³/mol. The number of pyridine rings is 1. The van der Waals surface area contributed by atoms with Crippen LogP contribution in [0.5, 0.6) is 0 Å². The molecular formula is C17H15ClN4O3. The number of ether oxygens (including phenoxy) is 1. The van der Waals surface area contributed by atoms with Crippen molar-refractivity contribution in [1.29, 1.82) is 0 Å². The third-order valence-electron chi connectivity index (χ3n) is 3.26. The van der Waals surface area contributed by atoms with Crippen molar-refractivity contribution in [3.05, 3.63) is 59.1 Å². The summed E-state index contributed by atoms with van der Waals surface area (Å²) in [7, 11) is 0. The molecule has 0 fully saturated rings. The molecule has 3 rings (SSSR count). The van der Waals surface area contributed by atoms with Crippen molar-refractivity contribution in [2.24, 2.45) is 0 Å². The van der Waals surface area contributed by atoms with Gasteiger partial charge in [-0.15, -0.1) is 0 Å². The van der Waals surface area contributed by atoms with E-state index in [2.05, 4.69) is 20.4 Å². The van der Waals surface area contributed by atoms with Crippen LogP contribution in [0.15, 0.2) is 47.1 Å². The average molecular weight is 359 g/mol. The molecule has 2 aromatic heterocycles. The van der Waals surface area contributed by atoms with E-state index in [1.807, 2.05) is 12.1 Å². The van der Waals surface area contributed by atoms with E-state index in [-0.39, 0.29) is 6.54 Å². The molecule has 1 N–H and O–H groups in total. The van der Waals surface area contributed by atoms with Gasteiger partial charge < -0.3 is 14.6 Å². The standard InChI is InChI=1S/C17H15ClN4O3/c1-2-24-17(23)13-7-4-8-19-16(13)20-10-14-21-15(22-25-14)11-5-3-6-12(18)9-11/h3-9H,2,10H2,1H3,(H,19,20). The molecule has 25 heavy (non-hydrogen) atoms. The third-order valence-corrected chi connectivity index (χ3v) is 3.50. The molecule has 0 saturated heterocycles. The Hall–Kier alpha value is -2.93. The minimum atomic E-state index is -0.441. The molecule has 0 aliphatic carbocycles. The summed E-state index contributed by atoms with van der Waals surface area (Å²) in [5.41, 5.74) is 1.10. The van der Waals surface area contributed by atoms with E-state index < -0.39 is 5.97 Å². The second kappa shape index (κ2) is 7.76. The van der Waals surface area contributed by atoms with Gasteiger partial charge in [-0.1, -0.05) is 28.9 Å². The summed E-state index contributed by atoms with van der Waals surface area (Å²) in [6, 6.07) is 10.5. The number of aromatic nitrogens is 3. The zero-order valence-corrected chi connectivity index (χ0v) is 14.2. The van der Waals surface area contributed by atoms with Crippen LogP contribution in [0, 0.1) is 0 Å². The molecule has 2 heterocycles. The number of halogens is 1. The fourth-order valence-corrected chi connectivity index (χ4v) is 2.34. The van der Waals surface area contributed by atoms with Crippen LogP contribution in [0.4, 0.5) is 5.82 Å².